The monoisotopic (exact) mass is 228 g/mol. The zero-order valence-corrected chi connectivity index (χ0v) is 9.62. The number of aromatic nitrogens is 5. The molecular weight excluding hydrogens is 216 g/mol. The Morgan fingerprint density at radius 2 is 2.24 bits per heavy atom. The van der Waals surface area contributed by atoms with E-state index in [0.717, 1.165) is 22.7 Å². The summed E-state index contributed by atoms with van der Waals surface area (Å²) in [4.78, 5) is 4.32. The second kappa shape index (κ2) is 3.58. The van der Waals surface area contributed by atoms with Crippen molar-refractivity contribution in [3.63, 3.8) is 0 Å². The van der Waals surface area contributed by atoms with Gasteiger partial charge in [0.2, 0.25) is 0 Å². The van der Waals surface area contributed by atoms with Gasteiger partial charge in [-0.3, -0.25) is 4.68 Å². The fourth-order valence-electron chi connectivity index (χ4n) is 1.76. The summed E-state index contributed by atoms with van der Waals surface area (Å²) in [5.74, 6) is 0.779. The number of nitrogens with one attached hydrogen (secondary N) is 1. The summed E-state index contributed by atoms with van der Waals surface area (Å²) in [5.41, 5.74) is 2.83. The van der Waals surface area contributed by atoms with Gasteiger partial charge in [-0.2, -0.15) is 10.2 Å². The highest BCUT2D eigenvalue weighted by atomic mass is 15.3. The standard InChI is InChI=1S/C11H12N6/c1-8-5-10-11(12-3-4-17(10)15-8)14-9-6-13-16(2)7-9/h3-7H,1-2H3,(H,12,14). The Balaban J connectivity index is 2.05. The third kappa shape index (κ3) is 1.73. The molecule has 3 rings (SSSR count). The Bertz CT molecular complexity index is 665. The molecule has 6 nitrogen and oxygen atoms in total. The summed E-state index contributed by atoms with van der Waals surface area (Å²) in [5, 5.41) is 11.7. The summed E-state index contributed by atoms with van der Waals surface area (Å²) < 4.78 is 3.55. The summed E-state index contributed by atoms with van der Waals surface area (Å²) in [7, 11) is 1.88. The second-order valence-electron chi connectivity index (χ2n) is 3.92. The molecule has 6 heteroatoms. The number of anilines is 2. The van der Waals surface area contributed by atoms with Crippen LogP contribution >= 0.6 is 0 Å². The fraction of sp³-hybridized carbons (Fsp3) is 0.182. The van der Waals surface area contributed by atoms with Crippen LogP contribution in [0.2, 0.25) is 0 Å². The number of hydrogen-bond acceptors (Lipinski definition) is 4. The summed E-state index contributed by atoms with van der Waals surface area (Å²) in [6, 6.07) is 1.99. The van der Waals surface area contributed by atoms with E-state index in [-0.39, 0.29) is 0 Å². The average molecular weight is 228 g/mol. The molecule has 86 valence electrons. The SMILES string of the molecule is Cc1cc2c(Nc3cnn(C)c3)nccn2n1. The van der Waals surface area contributed by atoms with E-state index < -0.39 is 0 Å². The molecule has 3 heterocycles. The minimum atomic E-state index is 0.779. The van der Waals surface area contributed by atoms with E-state index in [2.05, 4.69) is 20.5 Å². The van der Waals surface area contributed by atoms with Crippen LogP contribution in [0.4, 0.5) is 11.5 Å². The van der Waals surface area contributed by atoms with Gasteiger partial charge in [-0.25, -0.2) is 9.50 Å². The first kappa shape index (κ1) is 9.83. The second-order valence-corrected chi connectivity index (χ2v) is 3.92. The molecule has 0 radical (unpaired) electrons. The Labute approximate surface area is 97.9 Å². The van der Waals surface area contributed by atoms with Crippen molar-refractivity contribution in [1.82, 2.24) is 24.4 Å². The fourth-order valence-corrected chi connectivity index (χ4v) is 1.76. The lowest BCUT2D eigenvalue weighted by Gasteiger charge is -2.03. The molecule has 3 aromatic heterocycles. The van der Waals surface area contributed by atoms with Crippen LogP contribution in [-0.4, -0.2) is 24.4 Å². The minimum absolute atomic E-state index is 0.779. The van der Waals surface area contributed by atoms with Crippen LogP contribution in [0, 0.1) is 6.92 Å². The van der Waals surface area contributed by atoms with Crippen LogP contribution in [0.15, 0.2) is 30.9 Å². The third-order valence-electron chi connectivity index (χ3n) is 2.48. The molecule has 0 atom stereocenters. The first-order chi connectivity index (χ1) is 8.22. The Hall–Kier alpha value is -2.37. The van der Waals surface area contributed by atoms with Gasteiger partial charge in [0.25, 0.3) is 0 Å². The Morgan fingerprint density at radius 1 is 1.35 bits per heavy atom. The molecule has 0 aliphatic carbocycles. The van der Waals surface area contributed by atoms with Gasteiger partial charge in [0, 0.05) is 25.6 Å². The van der Waals surface area contributed by atoms with Crippen molar-refractivity contribution in [1.29, 1.82) is 0 Å². The van der Waals surface area contributed by atoms with E-state index in [1.54, 1.807) is 21.6 Å². The Morgan fingerprint density at radius 3 is 3.00 bits per heavy atom. The average Bonchev–Trinajstić information content (AvgIpc) is 2.84. The first-order valence-electron chi connectivity index (χ1n) is 5.29. The highest BCUT2D eigenvalue weighted by Gasteiger charge is 2.06. The number of aryl methyl sites for hydroxylation is 2. The maximum atomic E-state index is 4.34. The zero-order chi connectivity index (χ0) is 11.8. The molecule has 0 saturated carbocycles. The zero-order valence-electron chi connectivity index (χ0n) is 9.62. The van der Waals surface area contributed by atoms with Crippen molar-refractivity contribution in [2.45, 2.75) is 6.92 Å². The van der Waals surface area contributed by atoms with E-state index in [4.69, 9.17) is 0 Å². The first-order valence-corrected chi connectivity index (χ1v) is 5.29. The molecule has 1 N–H and O–H groups in total. The van der Waals surface area contributed by atoms with Crippen molar-refractivity contribution >= 4 is 17.0 Å². The largest absolute Gasteiger partial charge is 0.336 e. The van der Waals surface area contributed by atoms with Gasteiger partial charge in [-0.15, -0.1) is 0 Å². The van der Waals surface area contributed by atoms with Crippen LogP contribution < -0.4 is 5.32 Å². The van der Waals surface area contributed by atoms with Gasteiger partial charge < -0.3 is 5.32 Å². The predicted molar refractivity (Wildman–Crippen MR) is 64.2 cm³/mol. The minimum Gasteiger partial charge on any atom is -0.336 e. The van der Waals surface area contributed by atoms with E-state index >= 15 is 0 Å². The number of nitrogens with zero attached hydrogens (tertiary/aromatic N) is 5. The molecule has 0 bridgehead atoms. The quantitative estimate of drug-likeness (QED) is 0.722. The smallest absolute Gasteiger partial charge is 0.156 e. The lowest BCUT2D eigenvalue weighted by Crippen LogP contribution is -1.96. The molecule has 0 aliphatic rings. The van der Waals surface area contributed by atoms with E-state index in [9.17, 15) is 0 Å². The van der Waals surface area contributed by atoms with Crippen LogP contribution in [0.25, 0.3) is 5.52 Å². The predicted octanol–water partition coefficient (Wildman–Crippen LogP) is 1.51. The molecule has 0 unspecified atom stereocenters. The lowest BCUT2D eigenvalue weighted by molar-refractivity contribution is 0.768. The Kier molecular flexibility index (Phi) is 2.07. The van der Waals surface area contributed by atoms with Gasteiger partial charge in [0.15, 0.2) is 5.82 Å². The highest BCUT2D eigenvalue weighted by molar-refractivity contribution is 5.72. The van der Waals surface area contributed by atoms with Crippen molar-refractivity contribution in [2.75, 3.05) is 5.32 Å². The lowest BCUT2D eigenvalue weighted by atomic mass is 10.4. The molecule has 0 aliphatic heterocycles. The molecule has 17 heavy (non-hydrogen) atoms. The summed E-state index contributed by atoms with van der Waals surface area (Å²) in [6.07, 6.45) is 7.21. The molecule has 0 spiro atoms. The van der Waals surface area contributed by atoms with Crippen molar-refractivity contribution in [2.24, 2.45) is 7.05 Å². The number of hydrogen-bond donors (Lipinski definition) is 1. The van der Waals surface area contributed by atoms with Crippen LogP contribution in [-0.2, 0) is 7.05 Å². The molecular formula is C11H12N6. The molecule has 3 aromatic rings. The maximum Gasteiger partial charge on any atom is 0.156 e. The van der Waals surface area contributed by atoms with Crippen molar-refractivity contribution in [3.8, 4) is 0 Å². The molecule has 0 fully saturated rings. The maximum absolute atomic E-state index is 4.34. The highest BCUT2D eigenvalue weighted by Crippen LogP contribution is 2.19. The number of rotatable bonds is 2. The number of fused-ring (bicyclic) bond motifs is 1. The summed E-state index contributed by atoms with van der Waals surface area (Å²) >= 11 is 0. The van der Waals surface area contributed by atoms with Gasteiger partial charge in [0.1, 0.15) is 5.52 Å². The molecule has 0 amide bonds. The van der Waals surface area contributed by atoms with Crippen molar-refractivity contribution in [3.05, 3.63) is 36.5 Å². The topological polar surface area (TPSA) is 60.0 Å². The van der Waals surface area contributed by atoms with Gasteiger partial charge in [-0.1, -0.05) is 0 Å². The van der Waals surface area contributed by atoms with Crippen LogP contribution in [0.1, 0.15) is 5.69 Å². The van der Waals surface area contributed by atoms with E-state index in [0.29, 0.717) is 0 Å². The van der Waals surface area contributed by atoms with E-state index in [1.165, 1.54) is 0 Å². The van der Waals surface area contributed by atoms with Crippen LogP contribution in [0.5, 0.6) is 0 Å². The summed E-state index contributed by atoms with van der Waals surface area (Å²) in [6.45, 7) is 1.96. The third-order valence-corrected chi connectivity index (χ3v) is 2.48. The van der Waals surface area contributed by atoms with Crippen molar-refractivity contribution < 1.29 is 0 Å². The van der Waals surface area contributed by atoms with Gasteiger partial charge in [0.05, 0.1) is 17.6 Å². The normalized spacial score (nSPS) is 10.9. The van der Waals surface area contributed by atoms with Gasteiger partial charge >= 0.3 is 0 Å². The molecule has 0 saturated heterocycles. The van der Waals surface area contributed by atoms with Gasteiger partial charge in [-0.05, 0) is 13.0 Å². The molecule has 0 aromatic carbocycles. The van der Waals surface area contributed by atoms with E-state index in [1.807, 2.05) is 32.4 Å². The van der Waals surface area contributed by atoms with Crippen LogP contribution in [0.3, 0.4) is 0 Å².